The van der Waals surface area contributed by atoms with Gasteiger partial charge in [-0.15, -0.1) is 11.3 Å². The molecule has 36 heavy (non-hydrogen) atoms. The van der Waals surface area contributed by atoms with Gasteiger partial charge in [0.25, 0.3) is 0 Å². The summed E-state index contributed by atoms with van der Waals surface area (Å²) in [7, 11) is 0. The lowest BCUT2D eigenvalue weighted by Crippen LogP contribution is -1.93. The molecule has 1 heterocycles. The van der Waals surface area contributed by atoms with E-state index in [1.165, 1.54) is 56.0 Å². The lowest BCUT2D eigenvalue weighted by Gasteiger charge is -2.07. The Morgan fingerprint density at radius 1 is 0.639 bits per heavy atom. The predicted octanol–water partition coefficient (Wildman–Crippen LogP) is 9.51. The van der Waals surface area contributed by atoms with E-state index in [2.05, 4.69) is 85.8 Å². The summed E-state index contributed by atoms with van der Waals surface area (Å²) in [5.41, 5.74) is 7.62. The number of rotatable bonds is 9. The van der Waals surface area contributed by atoms with Crippen molar-refractivity contribution in [1.29, 1.82) is 0 Å². The van der Waals surface area contributed by atoms with E-state index in [1.54, 1.807) is 6.07 Å². The molecular formula is C33H31FOS. The van der Waals surface area contributed by atoms with Gasteiger partial charge < -0.3 is 4.74 Å². The van der Waals surface area contributed by atoms with Crippen molar-refractivity contribution in [1.82, 2.24) is 0 Å². The summed E-state index contributed by atoms with van der Waals surface area (Å²) in [4.78, 5) is 1.19. The van der Waals surface area contributed by atoms with Gasteiger partial charge in [0, 0.05) is 4.88 Å². The molecule has 1 aromatic heterocycles. The number of benzene rings is 4. The van der Waals surface area contributed by atoms with Crippen LogP contribution in [-0.4, -0.2) is 6.61 Å². The second-order valence-corrected chi connectivity index (χ2v) is 10.3. The van der Waals surface area contributed by atoms with Crippen molar-refractivity contribution in [2.45, 2.75) is 39.5 Å². The smallest absolute Gasteiger partial charge is 0.182 e. The Hall–Kier alpha value is -3.43. The molecule has 0 saturated carbocycles. The highest BCUT2D eigenvalue weighted by molar-refractivity contribution is 7.19. The molecule has 1 nitrogen and oxygen atoms in total. The maximum absolute atomic E-state index is 14.7. The van der Waals surface area contributed by atoms with Gasteiger partial charge in [0.05, 0.1) is 11.3 Å². The number of thiophene rings is 1. The Kier molecular flexibility index (Phi) is 7.48. The molecule has 0 amide bonds. The molecule has 0 bridgehead atoms. The Morgan fingerprint density at radius 3 is 1.69 bits per heavy atom. The van der Waals surface area contributed by atoms with E-state index >= 15 is 0 Å². The van der Waals surface area contributed by atoms with Gasteiger partial charge >= 0.3 is 0 Å². The van der Waals surface area contributed by atoms with E-state index in [0.29, 0.717) is 17.1 Å². The average molecular weight is 495 g/mol. The van der Waals surface area contributed by atoms with Crippen LogP contribution in [0, 0.1) is 5.82 Å². The van der Waals surface area contributed by atoms with Gasteiger partial charge in [0.15, 0.2) is 11.6 Å². The summed E-state index contributed by atoms with van der Waals surface area (Å²) in [6.45, 7) is 4.55. The van der Waals surface area contributed by atoms with Crippen molar-refractivity contribution < 1.29 is 9.13 Å². The molecule has 0 radical (unpaired) electrons. The van der Waals surface area contributed by atoms with E-state index in [0.717, 1.165) is 24.6 Å². The van der Waals surface area contributed by atoms with Crippen LogP contribution in [0.2, 0.25) is 0 Å². The van der Waals surface area contributed by atoms with Gasteiger partial charge in [0.1, 0.15) is 0 Å². The number of hydrogen-bond acceptors (Lipinski definition) is 2. The largest absolute Gasteiger partial charge is 0.491 e. The summed E-state index contributed by atoms with van der Waals surface area (Å²) in [5.74, 6) is 0.0985. The second kappa shape index (κ2) is 11.1. The first-order valence-corrected chi connectivity index (χ1v) is 13.6. The minimum atomic E-state index is -0.241. The second-order valence-electron chi connectivity index (χ2n) is 9.16. The first-order valence-electron chi connectivity index (χ1n) is 12.8. The molecule has 3 heteroatoms. The SMILES string of the molecule is CCCc1ccc(-c2ccc(-c3ccc(CCc4cc5ccc(OCC)c(F)c5s4)cc3)cc2)cc1. The summed E-state index contributed by atoms with van der Waals surface area (Å²) in [5, 5.41) is 0.951. The quantitative estimate of drug-likeness (QED) is 0.198. The third-order valence-corrected chi connectivity index (χ3v) is 7.80. The van der Waals surface area contributed by atoms with E-state index in [4.69, 9.17) is 4.74 Å². The lowest BCUT2D eigenvalue weighted by molar-refractivity contribution is 0.323. The highest BCUT2D eigenvalue weighted by Crippen LogP contribution is 2.34. The van der Waals surface area contributed by atoms with Crippen LogP contribution in [0.25, 0.3) is 32.3 Å². The highest BCUT2D eigenvalue weighted by Gasteiger charge is 2.12. The van der Waals surface area contributed by atoms with Crippen molar-refractivity contribution in [2.75, 3.05) is 6.61 Å². The molecule has 0 spiro atoms. The molecule has 182 valence electrons. The van der Waals surface area contributed by atoms with Crippen LogP contribution in [0.5, 0.6) is 5.75 Å². The van der Waals surface area contributed by atoms with Crippen LogP contribution in [-0.2, 0) is 19.3 Å². The molecule has 5 aromatic rings. The van der Waals surface area contributed by atoms with Crippen LogP contribution in [0.1, 0.15) is 36.3 Å². The van der Waals surface area contributed by atoms with Crippen LogP contribution in [0.4, 0.5) is 4.39 Å². The molecule has 0 fully saturated rings. The number of ether oxygens (including phenoxy) is 1. The molecule has 4 aromatic carbocycles. The van der Waals surface area contributed by atoms with Gasteiger partial charge in [-0.2, -0.15) is 0 Å². The monoisotopic (exact) mass is 494 g/mol. The van der Waals surface area contributed by atoms with E-state index in [-0.39, 0.29) is 5.82 Å². The first kappa shape index (κ1) is 24.3. The summed E-state index contributed by atoms with van der Waals surface area (Å²) >= 11 is 1.53. The van der Waals surface area contributed by atoms with Crippen molar-refractivity contribution in [2.24, 2.45) is 0 Å². The van der Waals surface area contributed by atoms with E-state index in [1.807, 2.05) is 13.0 Å². The Morgan fingerprint density at radius 2 is 1.17 bits per heavy atom. The minimum absolute atomic E-state index is 0.241. The maximum Gasteiger partial charge on any atom is 0.182 e. The number of fused-ring (bicyclic) bond motifs is 1. The molecule has 0 saturated heterocycles. The summed E-state index contributed by atoms with van der Waals surface area (Å²) in [6, 6.07) is 32.3. The fourth-order valence-corrected chi connectivity index (χ4v) is 5.72. The van der Waals surface area contributed by atoms with Gasteiger partial charge in [-0.05, 0) is 83.2 Å². The molecule has 0 unspecified atom stereocenters. The van der Waals surface area contributed by atoms with Crippen molar-refractivity contribution >= 4 is 21.4 Å². The van der Waals surface area contributed by atoms with Gasteiger partial charge in [-0.1, -0.05) is 86.1 Å². The van der Waals surface area contributed by atoms with Gasteiger partial charge in [0.2, 0.25) is 0 Å². The third-order valence-electron chi connectivity index (χ3n) is 6.60. The standard InChI is InChI=1S/C33H31FOS/c1-3-5-23-6-11-25(12-7-23)27-15-17-28(18-16-27)26-13-8-24(9-14-26)10-20-30-22-29-19-21-31(35-4-2)32(34)33(29)36-30/h6-9,11-19,21-22H,3-5,10,20H2,1-2H3. The number of halogens is 1. The Balaban J connectivity index is 1.23. The molecular weight excluding hydrogens is 463 g/mol. The van der Waals surface area contributed by atoms with Crippen molar-refractivity contribution in [3.63, 3.8) is 0 Å². The fourth-order valence-electron chi connectivity index (χ4n) is 4.63. The number of aryl methyl sites for hydroxylation is 3. The van der Waals surface area contributed by atoms with Crippen LogP contribution < -0.4 is 4.74 Å². The molecule has 0 atom stereocenters. The zero-order valence-corrected chi connectivity index (χ0v) is 21.7. The Bertz CT molecular complexity index is 1430. The molecule has 5 rings (SSSR count). The van der Waals surface area contributed by atoms with Crippen LogP contribution in [0.15, 0.2) is 91.0 Å². The number of hydrogen-bond donors (Lipinski definition) is 0. The predicted molar refractivity (Wildman–Crippen MR) is 152 cm³/mol. The molecule has 0 aliphatic rings. The highest BCUT2D eigenvalue weighted by atomic mass is 32.1. The van der Waals surface area contributed by atoms with Crippen LogP contribution in [0.3, 0.4) is 0 Å². The third kappa shape index (κ3) is 5.37. The minimum Gasteiger partial charge on any atom is -0.491 e. The van der Waals surface area contributed by atoms with Crippen LogP contribution >= 0.6 is 11.3 Å². The fraction of sp³-hybridized carbons (Fsp3) is 0.212. The average Bonchev–Trinajstić information content (AvgIpc) is 3.34. The molecule has 0 aliphatic heterocycles. The first-order chi connectivity index (χ1) is 17.6. The zero-order valence-electron chi connectivity index (χ0n) is 20.9. The van der Waals surface area contributed by atoms with Gasteiger partial charge in [-0.25, -0.2) is 4.39 Å². The Labute approximate surface area is 217 Å². The van der Waals surface area contributed by atoms with E-state index < -0.39 is 0 Å². The molecule has 0 N–H and O–H groups in total. The van der Waals surface area contributed by atoms with Crippen molar-refractivity contribution in [3.05, 3.63) is 113 Å². The maximum atomic E-state index is 14.7. The normalized spacial score (nSPS) is 11.2. The van der Waals surface area contributed by atoms with Gasteiger partial charge in [-0.3, -0.25) is 0 Å². The molecule has 0 aliphatic carbocycles. The summed E-state index contributed by atoms with van der Waals surface area (Å²) in [6.07, 6.45) is 4.13. The van der Waals surface area contributed by atoms with E-state index in [9.17, 15) is 4.39 Å². The zero-order chi connectivity index (χ0) is 24.9. The lowest BCUT2D eigenvalue weighted by atomic mass is 9.98. The van der Waals surface area contributed by atoms with Crippen molar-refractivity contribution in [3.8, 4) is 28.0 Å². The summed E-state index contributed by atoms with van der Waals surface area (Å²) < 4.78 is 20.8. The topological polar surface area (TPSA) is 9.23 Å².